The van der Waals surface area contributed by atoms with Crippen molar-refractivity contribution in [3.63, 3.8) is 0 Å². The fourth-order valence-electron chi connectivity index (χ4n) is 2.76. The normalized spacial score (nSPS) is 11.0. The van der Waals surface area contributed by atoms with Crippen molar-refractivity contribution in [3.8, 4) is 22.7 Å². The Morgan fingerprint density at radius 3 is 2.62 bits per heavy atom. The minimum Gasteiger partial charge on any atom is -0.507 e. The molecule has 2 aromatic carbocycles. The Kier molecular flexibility index (Phi) is 3.20. The standard InChI is InChI=1S/C19H14N2O3/c1-12-10-16(21(20-12)13-6-3-2-4-7-13)14-11-15-17(22)8-5-9-18(15)24-19(14)23/h2-11,22H,1H3. The van der Waals surface area contributed by atoms with E-state index < -0.39 is 5.63 Å². The molecule has 24 heavy (non-hydrogen) atoms. The molecule has 0 fully saturated rings. The van der Waals surface area contributed by atoms with Crippen molar-refractivity contribution in [2.45, 2.75) is 6.92 Å². The quantitative estimate of drug-likeness (QED) is 0.573. The lowest BCUT2D eigenvalue weighted by Gasteiger charge is -2.07. The number of rotatable bonds is 2. The summed E-state index contributed by atoms with van der Waals surface area (Å²) in [6.07, 6.45) is 0. The summed E-state index contributed by atoms with van der Waals surface area (Å²) in [5.74, 6) is 0.0694. The first-order valence-corrected chi connectivity index (χ1v) is 7.52. The predicted octanol–water partition coefficient (Wildman–Crippen LogP) is 3.66. The number of nitrogens with zero attached hydrogens (tertiary/aromatic N) is 2. The van der Waals surface area contributed by atoms with E-state index in [0.29, 0.717) is 22.2 Å². The van der Waals surface area contributed by atoms with Crippen molar-refractivity contribution in [3.05, 3.63) is 76.8 Å². The molecule has 4 aromatic rings. The molecule has 0 amide bonds. The average molecular weight is 318 g/mol. The van der Waals surface area contributed by atoms with Crippen LogP contribution in [0.4, 0.5) is 0 Å². The number of phenolic OH excluding ortho intramolecular Hbond substituents is 1. The number of phenols is 1. The molecular formula is C19H14N2O3. The van der Waals surface area contributed by atoms with Crippen molar-refractivity contribution in [2.75, 3.05) is 0 Å². The first-order chi connectivity index (χ1) is 11.6. The molecule has 0 spiro atoms. The molecule has 118 valence electrons. The first-order valence-electron chi connectivity index (χ1n) is 7.52. The Labute approximate surface area is 137 Å². The summed E-state index contributed by atoms with van der Waals surface area (Å²) in [6, 6.07) is 17.9. The maximum absolute atomic E-state index is 12.4. The van der Waals surface area contributed by atoms with Gasteiger partial charge in [0.2, 0.25) is 0 Å². The Hall–Kier alpha value is -3.34. The van der Waals surface area contributed by atoms with E-state index in [1.54, 1.807) is 28.9 Å². The van der Waals surface area contributed by atoms with E-state index in [1.807, 2.05) is 43.3 Å². The van der Waals surface area contributed by atoms with Gasteiger partial charge in [-0.2, -0.15) is 5.10 Å². The molecule has 2 aromatic heterocycles. The molecular weight excluding hydrogens is 304 g/mol. The maximum atomic E-state index is 12.4. The number of aryl methyl sites for hydroxylation is 1. The maximum Gasteiger partial charge on any atom is 0.345 e. The number of aromatic nitrogens is 2. The molecule has 0 saturated heterocycles. The highest BCUT2D eigenvalue weighted by Gasteiger charge is 2.16. The molecule has 5 nitrogen and oxygen atoms in total. The second kappa shape index (κ2) is 5.38. The van der Waals surface area contributed by atoms with Gasteiger partial charge < -0.3 is 9.52 Å². The molecule has 0 saturated carbocycles. The van der Waals surface area contributed by atoms with Gasteiger partial charge in [-0.1, -0.05) is 24.3 Å². The topological polar surface area (TPSA) is 68.3 Å². The molecule has 2 heterocycles. The lowest BCUT2D eigenvalue weighted by Crippen LogP contribution is -2.07. The van der Waals surface area contributed by atoms with E-state index in [1.165, 1.54) is 0 Å². The summed E-state index contributed by atoms with van der Waals surface area (Å²) >= 11 is 0. The van der Waals surface area contributed by atoms with Crippen LogP contribution >= 0.6 is 0 Å². The third-order valence-electron chi connectivity index (χ3n) is 3.86. The van der Waals surface area contributed by atoms with E-state index in [2.05, 4.69) is 5.10 Å². The van der Waals surface area contributed by atoms with Crippen LogP contribution in [0.25, 0.3) is 27.9 Å². The summed E-state index contributed by atoms with van der Waals surface area (Å²) in [4.78, 5) is 12.4. The van der Waals surface area contributed by atoms with Crippen LogP contribution in [0.2, 0.25) is 0 Å². The fraction of sp³-hybridized carbons (Fsp3) is 0.0526. The summed E-state index contributed by atoms with van der Waals surface area (Å²) < 4.78 is 7.07. The molecule has 0 unspecified atom stereocenters. The lowest BCUT2D eigenvalue weighted by atomic mass is 10.1. The minimum atomic E-state index is -0.467. The third-order valence-corrected chi connectivity index (χ3v) is 3.86. The van der Waals surface area contributed by atoms with E-state index >= 15 is 0 Å². The molecule has 0 aliphatic rings. The van der Waals surface area contributed by atoms with Crippen LogP contribution in [0.5, 0.6) is 5.75 Å². The van der Waals surface area contributed by atoms with Gasteiger partial charge in [-0.3, -0.25) is 0 Å². The molecule has 0 atom stereocenters. The second-order valence-corrected chi connectivity index (χ2v) is 5.55. The van der Waals surface area contributed by atoms with Crippen LogP contribution in [-0.2, 0) is 0 Å². The summed E-state index contributed by atoms with van der Waals surface area (Å²) in [6.45, 7) is 1.86. The summed E-state index contributed by atoms with van der Waals surface area (Å²) in [5, 5.41) is 15.0. The van der Waals surface area contributed by atoms with Crippen LogP contribution in [0, 0.1) is 6.92 Å². The fourth-order valence-corrected chi connectivity index (χ4v) is 2.76. The molecule has 0 bridgehead atoms. The highest BCUT2D eigenvalue weighted by atomic mass is 16.4. The van der Waals surface area contributed by atoms with Gasteiger partial charge in [-0.25, -0.2) is 9.48 Å². The number of benzene rings is 2. The number of fused-ring (bicyclic) bond motifs is 1. The van der Waals surface area contributed by atoms with Crippen molar-refractivity contribution in [2.24, 2.45) is 0 Å². The monoisotopic (exact) mass is 318 g/mol. The van der Waals surface area contributed by atoms with Crippen molar-refractivity contribution >= 4 is 11.0 Å². The average Bonchev–Trinajstić information content (AvgIpc) is 2.97. The van der Waals surface area contributed by atoms with Crippen LogP contribution < -0.4 is 5.63 Å². The van der Waals surface area contributed by atoms with Crippen LogP contribution in [-0.4, -0.2) is 14.9 Å². The van der Waals surface area contributed by atoms with Gasteiger partial charge in [-0.05, 0) is 43.3 Å². The Morgan fingerprint density at radius 1 is 1.04 bits per heavy atom. The van der Waals surface area contributed by atoms with Gasteiger partial charge in [0, 0.05) is 0 Å². The SMILES string of the molecule is Cc1cc(-c2cc3c(O)cccc3oc2=O)n(-c2ccccc2)n1. The molecule has 5 heteroatoms. The Balaban J connectivity index is 2.01. The Bertz CT molecular complexity index is 1090. The number of hydrogen-bond donors (Lipinski definition) is 1. The zero-order valence-corrected chi connectivity index (χ0v) is 12.9. The molecule has 4 rings (SSSR count). The van der Waals surface area contributed by atoms with Gasteiger partial charge in [0.05, 0.1) is 28.0 Å². The number of aromatic hydroxyl groups is 1. The zero-order chi connectivity index (χ0) is 16.7. The van der Waals surface area contributed by atoms with Gasteiger partial charge >= 0.3 is 5.63 Å². The molecule has 0 aliphatic carbocycles. The predicted molar refractivity (Wildman–Crippen MR) is 91.4 cm³/mol. The smallest absolute Gasteiger partial charge is 0.345 e. The largest absolute Gasteiger partial charge is 0.507 e. The molecule has 0 radical (unpaired) electrons. The van der Waals surface area contributed by atoms with E-state index in [-0.39, 0.29) is 5.75 Å². The lowest BCUT2D eigenvalue weighted by molar-refractivity contribution is 0.479. The third kappa shape index (κ3) is 2.27. The molecule has 1 N–H and O–H groups in total. The van der Waals surface area contributed by atoms with E-state index in [0.717, 1.165) is 11.4 Å². The van der Waals surface area contributed by atoms with E-state index in [4.69, 9.17) is 4.42 Å². The van der Waals surface area contributed by atoms with Gasteiger partial charge in [0.25, 0.3) is 0 Å². The summed E-state index contributed by atoms with van der Waals surface area (Å²) in [7, 11) is 0. The van der Waals surface area contributed by atoms with Gasteiger partial charge in [-0.15, -0.1) is 0 Å². The summed E-state index contributed by atoms with van der Waals surface area (Å²) in [5.41, 5.74) is 2.49. The zero-order valence-electron chi connectivity index (χ0n) is 12.9. The van der Waals surface area contributed by atoms with Gasteiger partial charge in [0.15, 0.2) is 0 Å². The second-order valence-electron chi connectivity index (χ2n) is 5.55. The van der Waals surface area contributed by atoms with Crippen LogP contribution in [0.3, 0.4) is 0 Å². The highest BCUT2D eigenvalue weighted by molar-refractivity contribution is 5.86. The van der Waals surface area contributed by atoms with E-state index in [9.17, 15) is 9.90 Å². The minimum absolute atomic E-state index is 0.0694. The van der Waals surface area contributed by atoms with Crippen molar-refractivity contribution < 1.29 is 9.52 Å². The highest BCUT2D eigenvalue weighted by Crippen LogP contribution is 2.28. The first kappa shape index (κ1) is 14.3. The number of para-hydroxylation sites is 1. The van der Waals surface area contributed by atoms with Crippen LogP contribution in [0.15, 0.2) is 69.9 Å². The van der Waals surface area contributed by atoms with Gasteiger partial charge in [0.1, 0.15) is 11.3 Å². The van der Waals surface area contributed by atoms with Crippen molar-refractivity contribution in [1.82, 2.24) is 9.78 Å². The molecule has 0 aliphatic heterocycles. The number of hydrogen-bond acceptors (Lipinski definition) is 4. The van der Waals surface area contributed by atoms with Crippen LogP contribution in [0.1, 0.15) is 5.69 Å². The van der Waals surface area contributed by atoms with Crippen molar-refractivity contribution in [1.29, 1.82) is 0 Å². The Morgan fingerprint density at radius 2 is 1.83 bits per heavy atom.